The van der Waals surface area contributed by atoms with E-state index >= 15 is 0 Å². The first kappa shape index (κ1) is 17.7. The summed E-state index contributed by atoms with van der Waals surface area (Å²) in [5.74, 6) is 1.27. The molecule has 1 N–H and O–H groups in total. The third-order valence-corrected chi connectivity index (χ3v) is 8.28. The number of morpholine rings is 1. The normalized spacial score (nSPS) is 35.3. The molecular weight excluding hydrogens is 366 g/mol. The average molecular weight is 394 g/mol. The second-order valence-corrected chi connectivity index (χ2v) is 9.81. The van der Waals surface area contributed by atoms with Gasteiger partial charge in [-0.25, -0.2) is 0 Å². The highest BCUT2D eigenvalue weighted by atomic mass is 32.2. The van der Waals surface area contributed by atoms with E-state index in [-0.39, 0.29) is 11.5 Å². The molecule has 1 spiro atoms. The van der Waals surface area contributed by atoms with E-state index in [9.17, 15) is 8.42 Å². The predicted molar refractivity (Wildman–Crippen MR) is 102 cm³/mol. The fraction of sp³-hybridized carbons (Fsp3) is 0.684. The molecule has 3 saturated heterocycles. The fourth-order valence-electron chi connectivity index (χ4n) is 5.29. The van der Waals surface area contributed by atoms with Gasteiger partial charge in [0.2, 0.25) is 0 Å². The number of ether oxygens (including phenoxy) is 2. The number of piperidine rings is 2. The molecule has 2 aliphatic carbocycles. The van der Waals surface area contributed by atoms with Crippen molar-refractivity contribution in [3.63, 3.8) is 0 Å². The van der Waals surface area contributed by atoms with E-state index in [2.05, 4.69) is 21.8 Å². The van der Waals surface area contributed by atoms with Crippen LogP contribution in [0.5, 0.6) is 5.75 Å². The van der Waals surface area contributed by atoms with Crippen molar-refractivity contribution in [3.8, 4) is 5.75 Å². The van der Waals surface area contributed by atoms with Gasteiger partial charge in [0.1, 0.15) is 5.75 Å². The molecule has 7 nitrogen and oxygen atoms in total. The highest BCUT2D eigenvalue weighted by Gasteiger charge is 2.74. The fourth-order valence-corrected chi connectivity index (χ4v) is 6.82. The van der Waals surface area contributed by atoms with Gasteiger partial charge in [-0.1, -0.05) is 0 Å². The van der Waals surface area contributed by atoms with Crippen LogP contribution < -0.4 is 14.4 Å². The molecule has 0 radical (unpaired) electrons. The monoisotopic (exact) mass is 393 g/mol. The molecule has 5 aliphatic rings. The summed E-state index contributed by atoms with van der Waals surface area (Å²) in [5, 5.41) is 0. The molecule has 4 atom stereocenters. The number of nitrogens with zero attached hydrogens (tertiary/aromatic N) is 2. The summed E-state index contributed by atoms with van der Waals surface area (Å²) in [5.41, 5.74) is 1.34. The van der Waals surface area contributed by atoms with E-state index in [0.29, 0.717) is 44.9 Å². The van der Waals surface area contributed by atoms with Crippen LogP contribution in [-0.2, 0) is 14.9 Å². The SMILES string of the molecule is CCOc1ccc(N2CC3CC4(CC24)C3NS(=O)(=O)N2CCOCC2)cc1. The lowest BCUT2D eigenvalue weighted by Gasteiger charge is -2.54. The van der Waals surface area contributed by atoms with Crippen molar-refractivity contribution in [3.05, 3.63) is 24.3 Å². The van der Waals surface area contributed by atoms with Crippen molar-refractivity contribution in [2.24, 2.45) is 11.3 Å². The molecule has 2 saturated carbocycles. The van der Waals surface area contributed by atoms with Crippen molar-refractivity contribution in [1.29, 1.82) is 0 Å². The van der Waals surface area contributed by atoms with Gasteiger partial charge in [-0.2, -0.15) is 17.4 Å². The summed E-state index contributed by atoms with van der Waals surface area (Å²) < 4.78 is 40.9. The third-order valence-electron chi connectivity index (χ3n) is 6.68. The summed E-state index contributed by atoms with van der Waals surface area (Å²) in [6, 6.07) is 8.80. The summed E-state index contributed by atoms with van der Waals surface area (Å²) in [7, 11) is -3.42. The molecule has 0 aromatic heterocycles. The maximum absolute atomic E-state index is 12.8. The van der Waals surface area contributed by atoms with Crippen LogP contribution in [0.1, 0.15) is 19.8 Å². The largest absolute Gasteiger partial charge is 0.494 e. The Balaban J connectivity index is 1.27. The second-order valence-electron chi connectivity index (χ2n) is 8.11. The Kier molecular flexibility index (Phi) is 4.16. The third kappa shape index (κ3) is 2.85. The smallest absolute Gasteiger partial charge is 0.279 e. The Morgan fingerprint density at radius 1 is 1.22 bits per heavy atom. The molecule has 3 heterocycles. The van der Waals surface area contributed by atoms with Crippen molar-refractivity contribution >= 4 is 15.9 Å². The van der Waals surface area contributed by atoms with E-state index in [1.54, 1.807) is 0 Å². The first-order valence-corrected chi connectivity index (χ1v) is 11.3. The molecule has 4 unspecified atom stereocenters. The molecule has 1 aromatic carbocycles. The van der Waals surface area contributed by atoms with Gasteiger partial charge in [0.15, 0.2) is 0 Å². The van der Waals surface area contributed by atoms with Crippen molar-refractivity contribution < 1.29 is 17.9 Å². The van der Waals surface area contributed by atoms with Crippen LogP contribution in [0.4, 0.5) is 5.69 Å². The Bertz CT molecular complexity index is 809. The van der Waals surface area contributed by atoms with Crippen LogP contribution in [0.25, 0.3) is 0 Å². The molecular formula is C19H27N3O4S. The summed E-state index contributed by atoms with van der Waals surface area (Å²) in [4.78, 5) is 2.46. The zero-order valence-corrected chi connectivity index (χ0v) is 16.5. The summed E-state index contributed by atoms with van der Waals surface area (Å²) in [6.07, 6.45) is 2.22. The van der Waals surface area contributed by atoms with Crippen molar-refractivity contribution in [2.45, 2.75) is 31.8 Å². The van der Waals surface area contributed by atoms with Crippen molar-refractivity contribution in [2.75, 3.05) is 44.4 Å². The lowest BCUT2D eigenvalue weighted by atomic mass is 9.64. The number of hydrogen-bond donors (Lipinski definition) is 1. The van der Waals surface area contributed by atoms with Crippen LogP contribution in [0.3, 0.4) is 0 Å². The van der Waals surface area contributed by atoms with Gasteiger partial charge in [0.05, 0.1) is 19.8 Å². The molecule has 148 valence electrons. The lowest BCUT2D eigenvalue weighted by Crippen LogP contribution is -2.66. The molecule has 8 heteroatoms. The minimum absolute atomic E-state index is 0.0780. The van der Waals surface area contributed by atoms with Crippen LogP contribution in [0, 0.1) is 11.3 Å². The summed E-state index contributed by atoms with van der Waals surface area (Å²) >= 11 is 0. The van der Waals surface area contributed by atoms with Gasteiger partial charge in [0.25, 0.3) is 10.2 Å². The lowest BCUT2D eigenvalue weighted by molar-refractivity contribution is 0.0621. The minimum atomic E-state index is -3.42. The standard InChI is InChI=1S/C19H27N3O4S/c1-2-26-16-5-3-15(4-6-16)22-13-14-11-19(12-17(19)22)18(14)20-27(23,24)21-7-9-25-10-8-21/h3-6,14,17-18,20H,2,7-13H2,1H3. The van der Waals surface area contributed by atoms with Crippen LogP contribution in [0.15, 0.2) is 24.3 Å². The maximum atomic E-state index is 12.8. The zero-order valence-electron chi connectivity index (χ0n) is 15.6. The van der Waals surface area contributed by atoms with E-state index in [0.717, 1.165) is 25.1 Å². The first-order chi connectivity index (χ1) is 13.0. The minimum Gasteiger partial charge on any atom is -0.494 e. The van der Waals surface area contributed by atoms with Crippen molar-refractivity contribution in [1.82, 2.24) is 9.03 Å². The highest BCUT2D eigenvalue weighted by molar-refractivity contribution is 7.87. The number of rotatable bonds is 6. The molecule has 27 heavy (non-hydrogen) atoms. The van der Waals surface area contributed by atoms with Gasteiger partial charge in [-0.3, -0.25) is 0 Å². The Hall–Kier alpha value is -1.35. The van der Waals surface area contributed by atoms with Gasteiger partial charge < -0.3 is 14.4 Å². The van der Waals surface area contributed by atoms with E-state index < -0.39 is 10.2 Å². The number of benzene rings is 1. The Labute approximate surface area is 160 Å². The molecule has 3 aliphatic heterocycles. The average Bonchev–Trinajstić information content (AvgIpc) is 3.46. The maximum Gasteiger partial charge on any atom is 0.279 e. The zero-order chi connectivity index (χ0) is 18.6. The van der Waals surface area contributed by atoms with Gasteiger partial charge in [-0.15, -0.1) is 0 Å². The number of fused-ring (bicyclic) bond motifs is 1. The molecule has 0 amide bonds. The number of nitrogens with one attached hydrogen (secondary N) is 1. The first-order valence-electron chi connectivity index (χ1n) is 9.88. The van der Waals surface area contributed by atoms with E-state index in [1.165, 1.54) is 9.99 Å². The van der Waals surface area contributed by atoms with Gasteiger partial charge >= 0.3 is 0 Å². The second kappa shape index (κ2) is 6.34. The predicted octanol–water partition coefficient (Wildman–Crippen LogP) is 1.22. The molecule has 2 bridgehead atoms. The Morgan fingerprint density at radius 3 is 2.67 bits per heavy atom. The molecule has 5 fully saturated rings. The molecule has 1 aromatic rings. The van der Waals surface area contributed by atoms with Crippen LogP contribution in [0.2, 0.25) is 0 Å². The van der Waals surface area contributed by atoms with Crippen LogP contribution >= 0.6 is 0 Å². The number of hydrogen-bond acceptors (Lipinski definition) is 5. The summed E-state index contributed by atoms with van der Waals surface area (Å²) in [6.45, 7) is 5.42. The number of anilines is 1. The highest BCUT2D eigenvalue weighted by Crippen LogP contribution is 2.69. The topological polar surface area (TPSA) is 71.1 Å². The van der Waals surface area contributed by atoms with Gasteiger partial charge in [-0.05, 0) is 49.9 Å². The quantitative estimate of drug-likeness (QED) is 0.787. The van der Waals surface area contributed by atoms with E-state index in [1.807, 2.05) is 19.1 Å². The molecule has 6 rings (SSSR count). The van der Waals surface area contributed by atoms with E-state index in [4.69, 9.17) is 9.47 Å². The van der Waals surface area contributed by atoms with Crippen LogP contribution in [-0.4, -0.2) is 64.3 Å². The van der Waals surface area contributed by atoms with Gasteiger partial charge in [0, 0.05) is 42.8 Å². The Morgan fingerprint density at radius 2 is 1.96 bits per heavy atom.